The Balaban J connectivity index is 1.64. The predicted molar refractivity (Wildman–Crippen MR) is 116 cm³/mol. The monoisotopic (exact) mass is 394 g/mol. The number of thiophene rings is 1. The first-order chi connectivity index (χ1) is 13.6. The van der Waals surface area contributed by atoms with E-state index in [-0.39, 0.29) is 5.82 Å². The minimum Gasteiger partial charge on any atom is -0.353 e. The number of anilines is 2. The van der Waals surface area contributed by atoms with Crippen LogP contribution in [-0.4, -0.2) is 47.9 Å². The lowest BCUT2D eigenvalue weighted by atomic mass is 10.1. The first-order valence-corrected chi connectivity index (χ1v) is 10.6. The van der Waals surface area contributed by atoms with Gasteiger partial charge in [0.1, 0.15) is 16.7 Å². The van der Waals surface area contributed by atoms with Crippen LogP contribution in [-0.2, 0) is 0 Å². The zero-order chi connectivity index (χ0) is 19.3. The summed E-state index contributed by atoms with van der Waals surface area (Å²) in [7, 11) is 0. The molecule has 2 aliphatic rings. The van der Waals surface area contributed by atoms with Crippen molar-refractivity contribution in [2.45, 2.75) is 19.9 Å². The number of halogens is 1. The number of hydrogen-bond donors (Lipinski definition) is 1. The van der Waals surface area contributed by atoms with Crippen molar-refractivity contribution in [2.75, 3.05) is 31.5 Å². The summed E-state index contributed by atoms with van der Waals surface area (Å²) in [6.45, 7) is 8.43. The van der Waals surface area contributed by atoms with Gasteiger partial charge in [-0.1, -0.05) is 18.2 Å². The largest absolute Gasteiger partial charge is 0.353 e. The fraction of sp³-hybridized carbons (Fsp3) is 0.318. The van der Waals surface area contributed by atoms with Crippen LogP contribution in [0.25, 0.3) is 10.1 Å². The van der Waals surface area contributed by atoms with Crippen molar-refractivity contribution in [1.82, 2.24) is 9.80 Å². The number of amidine groups is 1. The first-order valence-electron chi connectivity index (χ1n) is 9.76. The molecule has 2 aliphatic heterocycles. The van der Waals surface area contributed by atoms with E-state index >= 15 is 0 Å². The second kappa shape index (κ2) is 6.87. The summed E-state index contributed by atoms with van der Waals surface area (Å²) < 4.78 is 15.1. The van der Waals surface area contributed by atoms with E-state index in [9.17, 15) is 4.39 Å². The summed E-state index contributed by atoms with van der Waals surface area (Å²) in [6.07, 6.45) is 0. The van der Waals surface area contributed by atoms with Crippen molar-refractivity contribution < 1.29 is 4.39 Å². The number of hydrogen-bond acceptors (Lipinski definition) is 5. The average Bonchev–Trinajstić information content (AvgIpc) is 2.97. The van der Waals surface area contributed by atoms with Crippen LogP contribution in [0.1, 0.15) is 19.4 Å². The van der Waals surface area contributed by atoms with E-state index in [2.05, 4.69) is 53.2 Å². The van der Waals surface area contributed by atoms with E-state index in [1.165, 1.54) is 22.2 Å². The fourth-order valence-corrected chi connectivity index (χ4v) is 5.14. The molecule has 1 saturated heterocycles. The highest BCUT2D eigenvalue weighted by molar-refractivity contribution is 7.23. The molecule has 0 amide bonds. The zero-order valence-corrected chi connectivity index (χ0v) is 16.9. The van der Waals surface area contributed by atoms with Gasteiger partial charge < -0.3 is 10.2 Å². The van der Waals surface area contributed by atoms with Gasteiger partial charge in [0, 0.05) is 42.3 Å². The Morgan fingerprint density at radius 3 is 2.64 bits per heavy atom. The van der Waals surface area contributed by atoms with Gasteiger partial charge in [-0.15, -0.1) is 11.3 Å². The Hall–Kier alpha value is -2.44. The number of fused-ring (bicyclic) bond motifs is 4. The third-order valence-corrected chi connectivity index (χ3v) is 6.68. The molecule has 4 nitrogen and oxygen atoms in total. The highest BCUT2D eigenvalue weighted by atomic mass is 32.1. The van der Waals surface area contributed by atoms with Crippen molar-refractivity contribution >= 4 is 43.6 Å². The lowest BCUT2D eigenvalue weighted by Gasteiger charge is -2.38. The number of nitrogens with zero attached hydrogens (tertiary/aromatic N) is 3. The van der Waals surface area contributed by atoms with Crippen LogP contribution in [0.15, 0.2) is 47.5 Å². The molecule has 0 atom stereocenters. The SMILES string of the molecule is CC(C)N1CCN(C2=Nc3ccc(F)cc3Nc3sc4ccccc4c32)CC1. The molecule has 0 bridgehead atoms. The maximum Gasteiger partial charge on any atom is 0.140 e. The molecule has 1 fully saturated rings. The van der Waals surface area contributed by atoms with Gasteiger partial charge in [0.25, 0.3) is 0 Å². The maximum atomic E-state index is 13.9. The van der Waals surface area contributed by atoms with Gasteiger partial charge in [0.05, 0.1) is 16.9 Å². The van der Waals surface area contributed by atoms with E-state index < -0.39 is 0 Å². The lowest BCUT2D eigenvalue weighted by molar-refractivity contribution is 0.149. The molecule has 0 aliphatic carbocycles. The number of aliphatic imine (C=N–C) groups is 1. The Kier molecular flexibility index (Phi) is 4.33. The second-order valence-electron chi connectivity index (χ2n) is 7.64. The molecule has 0 saturated carbocycles. The van der Waals surface area contributed by atoms with Gasteiger partial charge in [-0.2, -0.15) is 0 Å². The molecular weight excluding hydrogens is 371 g/mol. The van der Waals surface area contributed by atoms with Crippen molar-refractivity contribution in [3.05, 3.63) is 53.8 Å². The molecule has 3 aromatic rings. The Bertz CT molecular complexity index is 1060. The van der Waals surface area contributed by atoms with Crippen LogP contribution >= 0.6 is 11.3 Å². The molecule has 1 N–H and O–H groups in total. The van der Waals surface area contributed by atoms with Crippen molar-refractivity contribution in [1.29, 1.82) is 0 Å². The molecule has 6 heteroatoms. The van der Waals surface area contributed by atoms with Crippen LogP contribution < -0.4 is 5.32 Å². The molecule has 5 rings (SSSR count). The smallest absolute Gasteiger partial charge is 0.140 e. The quantitative estimate of drug-likeness (QED) is 0.615. The summed E-state index contributed by atoms with van der Waals surface area (Å²) in [5.41, 5.74) is 2.65. The number of benzene rings is 2. The van der Waals surface area contributed by atoms with Crippen molar-refractivity contribution in [3.8, 4) is 0 Å². The molecule has 0 unspecified atom stereocenters. The maximum absolute atomic E-state index is 13.9. The van der Waals surface area contributed by atoms with Gasteiger partial charge in [-0.05, 0) is 38.1 Å². The summed E-state index contributed by atoms with van der Waals surface area (Å²) in [6, 6.07) is 13.8. The minimum atomic E-state index is -0.252. The van der Waals surface area contributed by atoms with Gasteiger partial charge in [0.15, 0.2) is 0 Å². The van der Waals surface area contributed by atoms with Gasteiger partial charge in [0.2, 0.25) is 0 Å². The predicted octanol–water partition coefficient (Wildman–Crippen LogP) is 5.20. The van der Waals surface area contributed by atoms with Gasteiger partial charge >= 0.3 is 0 Å². The van der Waals surface area contributed by atoms with Gasteiger partial charge in [-0.25, -0.2) is 9.38 Å². The highest BCUT2D eigenvalue weighted by Gasteiger charge is 2.28. The summed E-state index contributed by atoms with van der Waals surface area (Å²) in [5.74, 6) is 0.742. The van der Waals surface area contributed by atoms with E-state index in [0.717, 1.165) is 54.0 Å². The third kappa shape index (κ3) is 2.97. The summed E-state index contributed by atoms with van der Waals surface area (Å²) in [5, 5.41) is 5.70. The molecule has 0 radical (unpaired) electrons. The van der Waals surface area contributed by atoms with Crippen molar-refractivity contribution in [3.63, 3.8) is 0 Å². The zero-order valence-electron chi connectivity index (χ0n) is 16.1. The summed E-state index contributed by atoms with van der Waals surface area (Å²) in [4.78, 5) is 9.93. The minimum absolute atomic E-state index is 0.252. The van der Waals surface area contributed by atoms with Crippen LogP contribution in [0.5, 0.6) is 0 Å². The number of piperazine rings is 1. The molecular formula is C22H23FN4S. The lowest BCUT2D eigenvalue weighted by Crippen LogP contribution is -2.50. The Morgan fingerprint density at radius 1 is 1.07 bits per heavy atom. The normalized spacial score (nSPS) is 17.1. The van der Waals surface area contributed by atoms with Crippen LogP contribution in [0.2, 0.25) is 0 Å². The molecule has 2 aromatic carbocycles. The average molecular weight is 395 g/mol. The van der Waals surface area contributed by atoms with Gasteiger partial charge in [-0.3, -0.25) is 4.90 Å². The summed E-state index contributed by atoms with van der Waals surface area (Å²) >= 11 is 1.70. The highest BCUT2D eigenvalue weighted by Crippen LogP contribution is 2.43. The van der Waals surface area contributed by atoms with E-state index in [0.29, 0.717) is 6.04 Å². The van der Waals surface area contributed by atoms with E-state index in [1.807, 2.05) is 0 Å². The molecule has 3 heterocycles. The molecule has 0 spiro atoms. The Labute approximate surface area is 168 Å². The number of nitrogens with one attached hydrogen (secondary N) is 1. The van der Waals surface area contributed by atoms with Crippen LogP contribution in [0.3, 0.4) is 0 Å². The van der Waals surface area contributed by atoms with Crippen molar-refractivity contribution in [2.24, 2.45) is 4.99 Å². The van der Waals surface area contributed by atoms with E-state index in [1.54, 1.807) is 17.4 Å². The van der Waals surface area contributed by atoms with Crippen LogP contribution in [0.4, 0.5) is 20.8 Å². The topological polar surface area (TPSA) is 30.9 Å². The second-order valence-corrected chi connectivity index (χ2v) is 8.69. The molecule has 1 aromatic heterocycles. The standard InChI is InChI=1S/C22H23FN4S/c1-14(2)26-9-11-27(12-10-26)21-20-16-5-3-4-6-19(16)28-22(20)25-18-13-15(23)7-8-17(18)24-21/h3-8,13-14,25H,9-12H2,1-2H3. The third-order valence-electron chi connectivity index (χ3n) is 5.60. The molecule has 144 valence electrons. The van der Waals surface area contributed by atoms with E-state index in [4.69, 9.17) is 4.99 Å². The molecule has 28 heavy (non-hydrogen) atoms. The fourth-order valence-electron chi connectivity index (χ4n) is 4.03. The Morgan fingerprint density at radius 2 is 1.86 bits per heavy atom. The number of rotatable bonds is 1. The van der Waals surface area contributed by atoms with Crippen LogP contribution in [0, 0.1) is 5.82 Å². The first kappa shape index (κ1) is 17.6.